The largest absolute Gasteiger partial charge is 0.481 e. The third kappa shape index (κ3) is 6.60. The number of benzene rings is 2. The summed E-state index contributed by atoms with van der Waals surface area (Å²) in [5.74, 6) is -1.45. The number of aliphatic carboxylic acids is 1. The van der Waals surface area contributed by atoms with Crippen LogP contribution in [-0.2, 0) is 14.3 Å². The fourth-order valence-electron chi connectivity index (χ4n) is 4.59. The van der Waals surface area contributed by atoms with Gasteiger partial charge in [-0.15, -0.1) is 0 Å². The van der Waals surface area contributed by atoms with Gasteiger partial charge in [0.05, 0.1) is 18.1 Å². The van der Waals surface area contributed by atoms with Crippen LogP contribution < -0.4 is 5.32 Å². The summed E-state index contributed by atoms with van der Waals surface area (Å²) in [7, 11) is 0. The molecule has 1 aliphatic carbocycles. The van der Waals surface area contributed by atoms with Gasteiger partial charge < -0.3 is 19.9 Å². The molecule has 3 atom stereocenters. The van der Waals surface area contributed by atoms with Crippen molar-refractivity contribution in [2.75, 3.05) is 13.2 Å². The van der Waals surface area contributed by atoms with Gasteiger partial charge in [0.2, 0.25) is 0 Å². The van der Waals surface area contributed by atoms with Crippen LogP contribution in [0.3, 0.4) is 0 Å². The van der Waals surface area contributed by atoms with Gasteiger partial charge in [-0.05, 0) is 42.5 Å². The molecule has 1 unspecified atom stereocenters. The van der Waals surface area contributed by atoms with Crippen molar-refractivity contribution < 1.29 is 24.2 Å². The Hall–Kier alpha value is -2.86. The second-order valence-electron chi connectivity index (χ2n) is 9.17. The van der Waals surface area contributed by atoms with Crippen LogP contribution in [0.15, 0.2) is 48.5 Å². The van der Waals surface area contributed by atoms with Crippen molar-refractivity contribution in [3.8, 4) is 11.1 Å². The number of fused-ring (bicyclic) bond motifs is 3. The van der Waals surface area contributed by atoms with Gasteiger partial charge in [0.1, 0.15) is 6.61 Å². The third-order valence-electron chi connectivity index (χ3n) is 6.57. The number of unbranched alkanes of at least 4 members (excludes halogenated alkanes) is 3. The first-order valence-corrected chi connectivity index (χ1v) is 12.4. The Balaban J connectivity index is 1.49. The summed E-state index contributed by atoms with van der Waals surface area (Å²) >= 11 is 0. The summed E-state index contributed by atoms with van der Waals surface area (Å²) in [6.45, 7) is 6.18. The number of carbonyl (C=O) groups is 2. The predicted octanol–water partition coefficient (Wildman–Crippen LogP) is 5.99. The molecule has 2 aromatic rings. The van der Waals surface area contributed by atoms with Crippen LogP contribution in [0, 0.1) is 5.92 Å². The maximum Gasteiger partial charge on any atom is 0.407 e. The molecular formula is C28H37NO5. The summed E-state index contributed by atoms with van der Waals surface area (Å²) in [4.78, 5) is 23.9. The topological polar surface area (TPSA) is 84.9 Å². The van der Waals surface area contributed by atoms with E-state index in [9.17, 15) is 14.7 Å². The molecule has 1 amide bonds. The van der Waals surface area contributed by atoms with Crippen molar-refractivity contribution in [3.63, 3.8) is 0 Å². The monoisotopic (exact) mass is 467 g/mol. The number of amides is 1. The molecule has 0 radical (unpaired) electrons. The lowest BCUT2D eigenvalue weighted by atomic mass is 9.98. The van der Waals surface area contributed by atoms with E-state index < -0.39 is 18.0 Å². The van der Waals surface area contributed by atoms with Gasteiger partial charge in [-0.3, -0.25) is 4.79 Å². The van der Waals surface area contributed by atoms with Crippen molar-refractivity contribution in [1.29, 1.82) is 0 Å². The molecular weight excluding hydrogens is 430 g/mol. The number of carbonyl (C=O) groups excluding carboxylic acids is 1. The minimum Gasteiger partial charge on any atom is -0.481 e. The zero-order chi connectivity index (χ0) is 24.5. The first kappa shape index (κ1) is 25.8. The van der Waals surface area contributed by atoms with Gasteiger partial charge >= 0.3 is 12.1 Å². The van der Waals surface area contributed by atoms with Gasteiger partial charge in [-0.2, -0.15) is 0 Å². The Bertz CT molecular complexity index is 914. The lowest BCUT2D eigenvalue weighted by Gasteiger charge is -2.26. The van der Waals surface area contributed by atoms with Gasteiger partial charge in [-0.25, -0.2) is 4.79 Å². The van der Waals surface area contributed by atoms with Crippen LogP contribution >= 0.6 is 0 Å². The fraction of sp³-hybridized carbons (Fsp3) is 0.500. The number of ether oxygens (including phenoxy) is 2. The van der Waals surface area contributed by atoms with E-state index in [1.807, 2.05) is 31.2 Å². The Morgan fingerprint density at radius 2 is 1.59 bits per heavy atom. The molecule has 34 heavy (non-hydrogen) atoms. The van der Waals surface area contributed by atoms with Crippen molar-refractivity contribution in [3.05, 3.63) is 59.7 Å². The van der Waals surface area contributed by atoms with Crippen LogP contribution in [0.1, 0.15) is 69.9 Å². The molecule has 0 aliphatic heterocycles. The van der Waals surface area contributed by atoms with Crippen molar-refractivity contribution in [2.24, 2.45) is 5.92 Å². The van der Waals surface area contributed by atoms with E-state index in [-0.39, 0.29) is 31.3 Å². The number of carboxylic acids is 1. The van der Waals surface area contributed by atoms with E-state index in [4.69, 9.17) is 9.47 Å². The maximum absolute atomic E-state index is 12.4. The SMILES string of the molecule is CCCCCC[C@@H](OC(C)CNC(=O)OCC1c2ccccc2-c2ccccc21)[C@@H](C)C(=O)O. The third-order valence-corrected chi connectivity index (χ3v) is 6.57. The van der Waals surface area contributed by atoms with Crippen molar-refractivity contribution in [1.82, 2.24) is 5.32 Å². The average Bonchev–Trinajstić information content (AvgIpc) is 3.16. The molecule has 0 aromatic heterocycles. The van der Waals surface area contributed by atoms with E-state index in [1.54, 1.807) is 6.92 Å². The second-order valence-corrected chi connectivity index (χ2v) is 9.17. The van der Waals surface area contributed by atoms with E-state index in [2.05, 4.69) is 36.5 Å². The molecule has 6 nitrogen and oxygen atoms in total. The maximum atomic E-state index is 12.4. The molecule has 0 spiro atoms. The highest BCUT2D eigenvalue weighted by molar-refractivity contribution is 5.79. The quantitative estimate of drug-likeness (QED) is 0.354. The summed E-state index contributed by atoms with van der Waals surface area (Å²) in [6.07, 6.45) is 3.75. The summed E-state index contributed by atoms with van der Waals surface area (Å²) < 4.78 is 11.6. The summed E-state index contributed by atoms with van der Waals surface area (Å²) in [5.41, 5.74) is 4.71. The number of nitrogens with one attached hydrogen (secondary N) is 1. The minimum atomic E-state index is -0.864. The van der Waals surface area contributed by atoms with Gasteiger partial charge in [0.15, 0.2) is 0 Å². The lowest BCUT2D eigenvalue weighted by molar-refractivity contribution is -0.148. The molecule has 6 heteroatoms. The fourth-order valence-corrected chi connectivity index (χ4v) is 4.59. The van der Waals surface area contributed by atoms with Crippen molar-refractivity contribution >= 4 is 12.1 Å². The molecule has 184 valence electrons. The zero-order valence-corrected chi connectivity index (χ0v) is 20.5. The molecule has 0 heterocycles. The average molecular weight is 468 g/mol. The van der Waals surface area contributed by atoms with Gasteiger partial charge in [0.25, 0.3) is 0 Å². The van der Waals surface area contributed by atoms with Crippen LogP contribution in [0.25, 0.3) is 11.1 Å². The summed E-state index contributed by atoms with van der Waals surface area (Å²) in [6, 6.07) is 16.4. The normalized spacial score (nSPS) is 15.1. The Kier molecular flexibility index (Phi) is 9.52. The highest BCUT2D eigenvalue weighted by atomic mass is 16.5. The lowest BCUT2D eigenvalue weighted by Crippen LogP contribution is -2.38. The van der Waals surface area contributed by atoms with Crippen LogP contribution in [0.2, 0.25) is 0 Å². The van der Waals surface area contributed by atoms with Gasteiger partial charge in [-0.1, -0.05) is 81.1 Å². The van der Waals surface area contributed by atoms with Gasteiger partial charge in [0, 0.05) is 12.5 Å². The first-order valence-electron chi connectivity index (χ1n) is 12.4. The Labute approximate surface area is 202 Å². The standard InChI is InChI=1S/C28H37NO5/c1-4-5-6-7-16-26(20(3)27(30)31)34-19(2)17-29-28(32)33-18-25-23-14-10-8-12-21(23)22-13-9-11-15-24(22)25/h8-15,19-20,25-26H,4-7,16-18H2,1-3H3,(H,29,32)(H,30,31)/t19?,20-,26-/m1/s1. The first-order chi connectivity index (χ1) is 16.4. The van der Waals surface area contributed by atoms with E-state index in [0.29, 0.717) is 6.42 Å². The smallest absolute Gasteiger partial charge is 0.407 e. The molecule has 0 bridgehead atoms. The van der Waals surface area contributed by atoms with Crippen molar-refractivity contribution in [2.45, 2.75) is 71.0 Å². The van der Waals surface area contributed by atoms with Crippen LogP contribution in [0.4, 0.5) is 4.79 Å². The van der Waals surface area contributed by atoms with Crippen LogP contribution in [-0.4, -0.2) is 42.5 Å². The zero-order valence-electron chi connectivity index (χ0n) is 20.5. The molecule has 2 aromatic carbocycles. The molecule has 2 N–H and O–H groups in total. The molecule has 3 rings (SSSR count). The highest BCUT2D eigenvalue weighted by Gasteiger charge is 2.29. The minimum absolute atomic E-state index is 0.00995. The molecule has 0 saturated carbocycles. The summed E-state index contributed by atoms with van der Waals surface area (Å²) in [5, 5.41) is 12.2. The molecule has 0 fully saturated rings. The number of carboxylic acid groups (broad SMARTS) is 1. The number of hydrogen-bond acceptors (Lipinski definition) is 4. The van der Waals surface area contributed by atoms with E-state index in [0.717, 1.165) is 25.7 Å². The number of hydrogen-bond donors (Lipinski definition) is 2. The molecule has 0 saturated heterocycles. The van der Waals surface area contributed by atoms with E-state index in [1.165, 1.54) is 22.3 Å². The predicted molar refractivity (Wildman–Crippen MR) is 133 cm³/mol. The highest BCUT2D eigenvalue weighted by Crippen LogP contribution is 2.44. The molecule has 1 aliphatic rings. The number of rotatable bonds is 13. The number of alkyl carbamates (subject to hydrolysis) is 1. The van der Waals surface area contributed by atoms with E-state index >= 15 is 0 Å². The Morgan fingerprint density at radius 1 is 0.971 bits per heavy atom. The second kappa shape index (κ2) is 12.6. The van der Waals surface area contributed by atoms with Crippen LogP contribution in [0.5, 0.6) is 0 Å². The Morgan fingerprint density at radius 3 is 2.18 bits per heavy atom.